The van der Waals surface area contributed by atoms with Crippen LogP contribution in [0.3, 0.4) is 0 Å². The van der Waals surface area contributed by atoms with Crippen molar-refractivity contribution in [1.82, 2.24) is 14.7 Å². The van der Waals surface area contributed by atoms with Crippen LogP contribution in [-0.2, 0) is 11.3 Å². The number of piperidine rings is 1. The fourth-order valence-electron chi connectivity index (χ4n) is 4.14. The van der Waals surface area contributed by atoms with Gasteiger partial charge in [0, 0.05) is 23.5 Å². The van der Waals surface area contributed by atoms with Crippen molar-refractivity contribution in [1.29, 1.82) is 0 Å². The number of phenolic OH excluding ortho intramolecular Hbond substituents is 1. The summed E-state index contributed by atoms with van der Waals surface area (Å²) in [6.45, 7) is 5.42. The number of likely N-dealkylation sites (tertiary alicyclic amines) is 1. The molecule has 2 N–H and O–H groups in total. The molecule has 0 saturated carbocycles. The maximum absolute atomic E-state index is 13.0. The molecule has 30 heavy (non-hydrogen) atoms. The smallest absolute Gasteiger partial charge is 0.241 e. The van der Waals surface area contributed by atoms with E-state index in [9.17, 15) is 9.90 Å². The average molecular weight is 405 g/mol. The van der Waals surface area contributed by atoms with Gasteiger partial charge in [0.25, 0.3) is 0 Å². The third kappa shape index (κ3) is 4.39. The predicted molar refractivity (Wildman–Crippen MR) is 118 cm³/mol. The number of hydrogen-bond donors (Lipinski definition) is 2. The van der Waals surface area contributed by atoms with E-state index in [1.165, 1.54) is 0 Å². The summed E-state index contributed by atoms with van der Waals surface area (Å²) in [6.07, 6.45) is 2.92. The first-order valence-corrected chi connectivity index (χ1v) is 10.5. The van der Waals surface area contributed by atoms with Crippen molar-refractivity contribution in [2.75, 3.05) is 11.9 Å². The molecule has 0 radical (unpaired) electrons. The molecule has 1 atom stereocenters. The highest BCUT2D eigenvalue weighted by molar-refractivity contribution is 5.95. The number of carbonyl (C=O) groups excluding carboxylic acids is 1. The van der Waals surface area contributed by atoms with Crippen LogP contribution in [0, 0.1) is 13.8 Å². The number of phenols is 1. The zero-order valence-electron chi connectivity index (χ0n) is 17.5. The molecule has 0 aliphatic carbocycles. The molecule has 0 spiro atoms. The number of anilines is 1. The molecule has 0 bridgehead atoms. The minimum atomic E-state index is -0.200. The van der Waals surface area contributed by atoms with Crippen LogP contribution >= 0.6 is 0 Å². The van der Waals surface area contributed by atoms with Crippen molar-refractivity contribution in [3.63, 3.8) is 0 Å². The summed E-state index contributed by atoms with van der Waals surface area (Å²) < 4.78 is 1.90. The Hall–Kier alpha value is -3.12. The molecule has 1 aliphatic heterocycles. The van der Waals surface area contributed by atoms with E-state index in [1.807, 2.05) is 67.1 Å². The van der Waals surface area contributed by atoms with E-state index in [4.69, 9.17) is 0 Å². The van der Waals surface area contributed by atoms with Gasteiger partial charge in [-0.3, -0.25) is 9.69 Å². The van der Waals surface area contributed by atoms with Crippen molar-refractivity contribution in [2.24, 2.45) is 0 Å². The summed E-state index contributed by atoms with van der Waals surface area (Å²) in [5, 5.41) is 17.7. The highest BCUT2D eigenvalue weighted by Crippen LogP contribution is 2.25. The van der Waals surface area contributed by atoms with E-state index < -0.39 is 0 Å². The molecule has 4 rings (SSSR count). The van der Waals surface area contributed by atoms with Gasteiger partial charge in [-0.15, -0.1) is 0 Å². The molecule has 1 aliphatic rings. The number of amides is 1. The van der Waals surface area contributed by atoms with E-state index >= 15 is 0 Å². The molecule has 6 heteroatoms. The zero-order valence-corrected chi connectivity index (χ0v) is 17.5. The molecular formula is C24H28N4O2. The second kappa shape index (κ2) is 8.71. The van der Waals surface area contributed by atoms with Gasteiger partial charge in [-0.05, 0) is 69.6 Å². The predicted octanol–water partition coefficient (Wildman–Crippen LogP) is 4.19. The van der Waals surface area contributed by atoms with Gasteiger partial charge in [0.1, 0.15) is 5.75 Å². The number of nitrogens with one attached hydrogen (secondary N) is 1. The van der Waals surface area contributed by atoms with Crippen LogP contribution in [0.15, 0.2) is 54.6 Å². The molecule has 2 heterocycles. The lowest BCUT2D eigenvalue weighted by atomic mass is 10.00. The Bertz CT molecular complexity index is 1030. The number of hydrogen-bond acceptors (Lipinski definition) is 4. The van der Waals surface area contributed by atoms with Crippen LogP contribution in [-0.4, -0.2) is 38.3 Å². The van der Waals surface area contributed by atoms with Crippen molar-refractivity contribution in [3.8, 4) is 11.4 Å². The monoisotopic (exact) mass is 404 g/mol. The standard InChI is InChI=1S/C24H28N4O2/c1-17-15-18(2)28(26-17)21-12-10-20(11-13-21)25-24(30)22-8-5-6-14-27(22)16-19-7-3-4-9-23(19)29/h3-4,7,9-13,15,22,29H,5-6,8,14,16H2,1-2H3,(H,25,30). The maximum atomic E-state index is 13.0. The van der Waals surface area contributed by atoms with E-state index in [0.717, 1.165) is 54.1 Å². The Morgan fingerprint density at radius 3 is 2.60 bits per heavy atom. The highest BCUT2D eigenvalue weighted by atomic mass is 16.3. The number of para-hydroxylation sites is 1. The molecule has 156 valence electrons. The maximum Gasteiger partial charge on any atom is 0.241 e. The average Bonchev–Trinajstić information content (AvgIpc) is 3.08. The SMILES string of the molecule is Cc1cc(C)n(-c2ccc(NC(=O)C3CCCCN3Cc3ccccc3O)cc2)n1. The quantitative estimate of drug-likeness (QED) is 0.669. The Morgan fingerprint density at radius 2 is 1.90 bits per heavy atom. The molecule has 1 fully saturated rings. The number of aromatic nitrogens is 2. The molecular weight excluding hydrogens is 376 g/mol. The first-order valence-electron chi connectivity index (χ1n) is 10.5. The number of carbonyl (C=O) groups is 1. The molecule has 1 aromatic heterocycles. The summed E-state index contributed by atoms with van der Waals surface area (Å²) >= 11 is 0. The molecule has 6 nitrogen and oxygen atoms in total. The van der Waals surface area contributed by atoms with E-state index in [-0.39, 0.29) is 17.7 Å². The first kappa shape index (κ1) is 20.2. The third-order valence-corrected chi connectivity index (χ3v) is 5.67. The lowest BCUT2D eigenvalue weighted by Gasteiger charge is -2.34. The van der Waals surface area contributed by atoms with Gasteiger partial charge in [0.15, 0.2) is 0 Å². The first-order chi connectivity index (χ1) is 14.5. The van der Waals surface area contributed by atoms with Gasteiger partial charge in [0.2, 0.25) is 5.91 Å². The van der Waals surface area contributed by atoms with E-state index in [0.29, 0.717) is 6.54 Å². The van der Waals surface area contributed by atoms with Gasteiger partial charge in [-0.25, -0.2) is 4.68 Å². The normalized spacial score (nSPS) is 17.1. The molecule has 3 aromatic rings. The summed E-state index contributed by atoms with van der Waals surface area (Å²) in [5.74, 6) is 0.283. The van der Waals surface area contributed by atoms with Gasteiger partial charge >= 0.3 is 0 Å². The second-order valence-electron chi connectivity index (χ2n) is 7.99. The van der Waals surface area contributed by atoms with Crippen LogP contribution in [0.1, 0.15) is 36.2 Å². The van der Waals surface area contributed by atoms with Gasteiger partial charge in [-0.1, -0.05) is 24.6 Å². The zero-order chi connectivity index (χ0) is 21.1. The van der Waals surface area contributed by atoms with Crippen LogP contribution in [0.25, 0.3) is 5.69 Å². The van der Waals surface area contributed by atoms with Gasteiger partial charge < -0.3 is 10.4 Å². The Balaban J connectivity index is 1.45. The highest BCUT2D eigenvalue weighted by Gasteiger charge is 2.29. The number of aromatic hydroxyl groups is 1. The van der Waals surface area contributed by atoms with Crippen molar-refractivity contribution in [3.05, 3.63) is 71.5 Å². The summed E-state index contributed by atoms with van der Waals surface area (Å²) in [7, 11) is 0. The molecule has 1 unspecified atom stereocenters. The fourth-order valence-corrected chi connectivity index (χ4v) is 4.14. The van der Waals surface area contributed by atoms with E-state index in [1.54, 1.807) is 6.07 Å². The minimum absolute atomic E-state index is 0.00369. The number of nitrogens with zero attached hydrogens (tertiary/aromatic N) is 3. The van der Waals surface area contributed by atoms with Crippen LogP contribution in [0.4, 0.5) is 5.69 Å². The Morgan fingerprint density at radius 1 is 1.13 bits per heavy atom. The minimum Gasteiger partial charge on any atom is -0.508 e. The number of aryl methyl sites for hydroxylation is 2. The molecule has 1 saturated heterocycles. The van der Waals surface area contributed by atoms with Crippen LogP contribution in [0.2, 0.25) is 0 Å². The number of benzene rings is 2. The fraction of sp³-hybridized carbons (Fsp3) is 0.333. The molecule has 2 aromatic carbocycles. The lowest BCUT2D eigenvalue weighted by Crippen LogP contribution is -2.46. The largest absolute Gasteiger partial charge is 0.508 e. The Kier molecular flexibility index (Phi) is 5.86. The summed E-state index contributed by atoms with van der Waals surface area (Å²) in [5.41, 5.74) is 4.65. The second-order valence-corrected chi connectivity index (χ2v) is 7.99. The van der Waals surface area contributed by atoms with Crippen molar-refractivity contribution >= 4 is 11.6 Å². The topological polar surface area (TPSA) is 70.4 Å². The summed E-state index contributed by atoms with van der Waals surface area (Å²) in [6, 6.07) is 16.9. The van der Waals surface area contributed by atoms with Crippen molar-refractivity contribution < 1.29 is 9.90 Å². The van der Waals surface area contributed by atoms with E-state index in [2.05, 4.69) is 15.3 Å². The van der Waals surface area contributed by atoms with Crippen molar-refractivity contribution in [2.45, 2.75) is 45.7 Å². The molecule has 1 amide bonds. The van der Waals surface area contributed by atoms with Crippen LogP contribution in [0.5, 0.6) is 5.75 Å². The van der Waals surface area contributed by atoms with Gasteiger partial charge in [-0.2, -0.15) is 5.10 Å². The summed E-state index contributed by atoms with van der Waals surface area (Å²) in [4.78, 5) is 15.2. The van der Waals surface area contributed by atoms with Crippen LogP contribution < -0.4 is 5.32 Å². The number of rotatable bonds is 5. The van der Waals surface area contributed by atoms with Gasteiger partial charge in [0.05, 0.1) is 17.4 Å². The Labute approximate surface area is 177 Å². The third-order valence-electron chi connectivity index (χ3n) is 5.67. The lowest BCUT2D eigenvalue weighted by molar-refractivity contribution is -0.122.